The number of ether oxygens (including phenoxy) is 1. The van der Waals surface area contributed by atoms with Crippen molar-refractivity contribution in [3.05, 3.63) is 41.9 Å². The third-order valence-corrected chi connectivity index (χ3v) is 5.90. The average Bonchev–Trinajstić information content (AvgIpc) is 3.38. The molecule has 1 saturated heterocycles. The van der Waals surface area contributed by atoms with Gasteiger partial charge < -0.3 is 24.1 Å². The predicted molar refractivity (Wildman–Crippen MR) is 112 cm³/mol. The minimum atomic E-state index is -4.73. The number of oxazole rings is 1. The van der Waals surface area contributed by atoms with Crippen LogP contribution in [0.4, 0.5) is 26.3 Å². The number of rotatable bonds is 5. The van der Waals surface area contributed by atoms with Crippen molar-refractivity contribution in [3.63, 3.8) is 0 Å². The van der Waals surface area contributed by atoms with Crippen LogP contribution < -0.4 is 10.1 Å². The van der Waals surface area contributed by atoms with Gasteiger partial charge in [0.05, 0.1) is 22.9 Å². The van der Waals surface area contributed by atoms with E-state index in [2.05, 4.69) is 15.3 Å². The quantitative estimate of drug-likeness (QED) is 0.471. The van der Waals surface area contributed by atoms with E-state index in [1.165, 1.54) is 17.0 Å². The molecule has 2 N–H and O–H groups in total. The van der Waals surface area contributed by atoms with Gasteiger partial charge in [-0.05, 0) is 26.8 Å². The molecule has 7 nitrogen and oxygen atoms in total. The first-order chi connectivity index (χ1) is 16.2. The summed E-state index contributed by atoms with van der Waals surface area (Å²) in [4.78, 5) is 7.49. The van der Waals surface area contributed by atoms with Crippen LogP contribution in [0, 0.1) is 0 Å². The van der Waals surface area contributed by atoms with E-state index in [0.29, 0.717) is 6.26 Å². The number of halogens is 6. The van der Waals surface area contributed by atoms with Crippen molar-refractivity contribution in [3.8, 4) is 5.75 Å². The summed E-state index contributed by atoms with van der Waals surface area (Å²) < 4.78 is 92.1. The molecule has 3 aromatic rings. The molecule has 1 aliphatic heterocycles. The van der Waals surface area contributed by atoms with E-state index in [1.54, 1.807) is 20.8 Å². The third-order valence-electron chi connectivity index (χ3n) is 5.90. The molecule has 4 rings (SSSR count). The molecule has 0 spiro atoms. The molecule has 3 heterocycles. The Bertz CT molecular complexity index is 1200. The number of imidazole rings is 1. The molecule has 0 aliphatic carbocycles. The number of nitrogens with one attached hydrogen (secondary N) is 1. The fraction of sp³-hybridized carbons (Fsp3) is 0.545. The van der Waals surface area contributed by atoms with E-state index in [-0.39, 0.29) is 48.3 Å². The summed E-state index contributed by atoms with van der Waals surface area (Å²) in [7, 11) is 0. The van der Waals surface area contributed by atoms with Gasteiger partial charge in [-0.25, -0.2) is 9.97 Å². The molecular weight excluding hydrogens is 482 g/mol. The number of hydrogen-bond acceptors (Lipinski definition) is 6. The Morgan fingerprint density at radius 1 is 1.20 bits per heavy atom. The molecule has 0 bridgehead atoms. The standard InChI is InChI=1S/C22H24F6N4O3/c1-11(2)32-10-29-16-5-14(4-15(18(16)32)21(23,24)25)34-8-13-7-20(33,6-12(3)30-13)19-31-17(9-35-19)22(26,27)28/h4-5,9-13,30,33H,6-8H2,1-3H3/t12-,13-,20-/m0/s1. The molecule has 1 aromatic carbocycles. The largest absolute Gasteiger partial charge is 0.492 e. The van der Waals surface area contributed by atoms with Gasteiger partial charge in [-0.2, -0.15) is 26.3 Å². The molecule has 13 heteroatoms. The van der Waals surface area contributed by atoms with E-state index in [0.717, 1.165) is 6.07 Å². The topological polar surface area (TPSA) is 85.3 Å². The molecule has 1 aliphatic rings. The summed E-state index contributed by atoms with van der Waals surface area (Å²) in [6.07, 6.45) is -7.69. The molecule has 3 atom stereocenters. The van der Waals surface area contributed by atoms with Crippen molar-refractivity contribution in [2.24, 2.45) is 0 Å². The lowest BCUT2D eigenvalue weighted by Crippen LogP contribution is -2.53. The highest BCUT2D eigenvalue weighted by atomic mass is 19.4. The summed E-state index contributed by atoms with van der Waals surface area (Å²) >= 11 is 0. The fourth-order valence-corrected chi connectivity index (χ4v) is 4.45. The number of fused-ring (bicyclic) bond motifs is 1. The zero-order valence-electron chi connectivity index (χ0n) is 19.0. The van der Waals surface area contributed by atoms with Gasteiger partial charge in [-0.1, -0.05) is 0 Å². The van der Waals surface area contributed by atoms with Crippen molar-refractivity contribution < 1.29 is 40.6 Å². The summed E-state index contributed by atoms with van der Waals surface area (Å²) in [5, 5.41) is 14.2. The molecule has 0 unspecified atom stereocenters. The van der Waals surface area contributed by atoms with Crippen molar-refractivity contribution >= 4 is 11.0 Å². The molecule has 0 amide bonds. The van der Waals surface area contributed by atoms with Crippen LogP contribution in [-0.2, 0) is 18.0 Å². The average molecular weight is 506 g/mol. The zero-order valence-corrected chi connectivity index (χ0v) is 19.0. The molecule has 2 aromatic heterocycles. The maximum absolute atomic E-state index is 13.8. The summed E-state index contributed by atoms with van der Waals surface area (Å²) in [6.45, 7) is 5.03. The Balaban J connectivity index is 1.56. The van der Waals surface area contributed by atoms with Crippen molar-refractivity contribution in [1.29, 1.82) is 0 Å². The summed E-state index contributed by atoms with van der Waals surface area (Å²) in [5.74, 6) is -0.541. The fourth-order valence-electron chi connectivity index (χ4n) is 4.45. The van der Waals surface area contributed by atoms with E-state index >= 15 is 0 Å². The van der Waals surface area contributed by atoms with Crippen molar-refractivity contribution in [1.82, 2.24) is 19.9 Å². The highest BCUT2D eigenvalue weighted by molar-refractivity contribution is 5.81. The van der Waals surface area contributed by atoms with E-state index in [1.807, 2.05) is 0 Å². The van der Waals surface area contributed by atoms with Crippen molar-refractivity contribution in [2.75, 3.05) is 6.61 Å². The number of piperidine rings is 1. The lowest BCUT2D eigenvalue weighted by Gasteiger charge is -2.38. The SMILES string of the molecule is CC(C)n1cnc2cc(OC[C@@H]3C[C@](O)(c4nc(C(F)(F)F)co4)C[C@H](C)N3)cc(C(F)(F)F)c21. The smallest absolute Gasteiger partial charge is 0.436 e. The van der Waals surface area contributed by atoms with Crippen LogP contribution in [0.5, 0.6) is 5.75 Å². The Kier molecular flexibility index (Phi) is 6.29. The Morgan fingerprint density at radius 3 is 2.51 bits per heavy atom. The van der Waals surface area contributed by atoms with Gasteiger partial charge in [0.25, 0.3) is 0 Å². The van der Waals surface area contributed by atoms with Crippen LogP contribution >= 0.6 is 0 Å². The summed E-state index contributed by atoms with van der Waals surface area (Å²) in [5.41, 5.74) is -3.89. The van der Waals surface area contributed by atoms with E-state index < -0.39 is 41.1 Å². The van der Waals surface area contributed by atoms with Crippen LogP contribution in [0.1, 0.15) is 56.8 Å². The monoisotopic (exact) mass is 506 g/mol. The Hall–Kier alpha value is -2.80. The maximum Gasteiger partial charge on any atom is 0.436 e. The van der Waals surface area contributed by atoms with Crippen LogP contribution in [0.25, 0.3) is 11.0 Å². The first-order valence-electron chi connectivity index (χ1n) is 10.9. The van der Waals surface area contributed by atoms with Gasteiger partial charge in [-0.15, -0.1) is 0 Å². The number of alkyl halides is 6. The highest BCUT2D eigenvalue weighted by Crippen LogP contribution is 2.40. The second kappa shape index (κ2) is 8.70. The van der Waals surface area contributed by atoms with Gasteiger partial charge in [0.1, 0.15) is 24.2 Å². The normalized spacial score (nSPS) is 23.9. The summed E-state index contributed by atoms with van der Waals surface area (Å²) in [6, 6.07) is 1.07. The first kappa shape index (κ1) is 25.3. The predicted octanol–water partition coefficient (Wildman–Crippen LogP) is 5.05. The molecule has 0 radical (unpaired) electrons. The van der Waals surface area contributed by atoms with Gasteiger partial charge in [0.15, 0.2) is 5.69 Å². The third kappa shape index (κ3) is 5.10. The van der Waals surface area contributed by atoms with Gasteiger partial charge >= 0.3 is 12.4 Å². The number of hydrogen-bond donors (Lipinski definition) is 2. The minimum absolute atomic E-state index is 0.0259. The highest BCUT2D eigenvalue weighted by Gasteiger charge is 2.45. The molecule has 192 valence electrons. The zero-order chi connectivity index (χ0) is 25.8. The second-order valence-corrected chi connectivity index (χ2v) is 9.13. The van der Waals surface area contributed by atoms with Crippen LogP contribution in [0.15, 0.2) is 29.1 Å². The van der Waals surface area contributed by atoms with Crippen LogP contribution in [-0.4, -0.2) is 38.3 Å². The second-order valence-electron chi connectivity index (χ2n) is 9.13. The van der Waals surface area contributed by atoms with Gasteiger partial charge in [-0.3, -0.25) is 0 Å². The van der Waals surface area contributed by atoms with E-state index in [4.69, 9.17) is 9.15 Å². The Morgan fingerprint density at radius 2 is 1.91 bits per heavy atom. The number of aromatic nitrogens is 3. The van der Waals surface area contributed by atoms with Crippen LogP contribution in [0.3, 0.4) is 0 Å². The number of nitrogens with zero attached hydrogens (tertiary/aromatic N) is 3. The molecule has 1 fully saturated rings. The van der Waals surface area contributed by atoms with Crippen molar-refractivity contribution in [2.45, 2.75) is 69.7 Å². The molecule has 0 saturated carbocycles. The molecule has 35 heavy (non-hydrogen) atoms. The minimum Gasteiger partial charge on any atom is -0.492 e. The molecular formula is C22H24F6N4O3. The lowest BCUT2D eigenvalue weighted by atomic mass is 9.84. The van der Waals surface area contributed by atoms with Gasteiger partial charge in [0, 0.05) is 37.0 Å². The van der Waals surface area contributed by atoms with Crippen LogP contribution in [0.2, 0.25) is 0 Å². The van der Waals surface area contributed by atoms with Gasteiger partial charge in [0.2, 0.25) is 5.89 Å². The van der Waals surface area contributed by atoms with E-state index in [9.17, 15) is 31.4 Å². The number of aliphatic hydroxyl groups is 1. The first-order valence-corrected chi connectivity index (χ1v) is 10.9. The lowest BCUT2D eigenvalue weighted by molar-refractivity contribution is -0.141. The Labute approximate surface area is 196 Å². The number of benzene rings is 1. The maximum atomic E-state index is 13.8.